The van der Waals surface area contributed by atoms with Crippen molar-refractivity contribution in [2.75, 3.05) is 26.1 Å². The summed E-state index contributed by atoms with van der Waals surface area (Å²) in [6.07, 6.45) is 4.41. The number of hydrogen-bond acceptors (Lipinski definition) is 7. The molecule has 3 heterocycles. The van der Waals surface area contributed by atoms with Gasteiger partial charge in [-0.2, -0.15) is 0 Å². The zero-order chi connectivity index (χ0) is 25.3. The summed E-state index contributed by atoms with van der Waals surface area (Å²) < 4.78 is 11.9. The lowest BCUT2D eigenvalue weighted by atomic mass is 10.0. The van der Waals surface area contributed by atoms with Gasteiger partial charge in [0.15, 0.2) is 0 Å². The first kappa shape index (κ1) is 25.0. The molecule has 1 saturated heterocycles. The van der Waals surface area contributed by atoms with E-state index in [4.69, 9.17) is 21.1 Å². The highest BCUT2D eigenvalue weighted by atomic mass is 35.5. The molecule has 0 saturated carbocycles. The molecule has 1 unspecified atom stereocenters. The maximum atomic E-state index is 13.2. The number of piperidine rings is 1. The van der Waals surface area contributed by atoms with Crippen molar-refractivity contribution in [2.45, 2.75) is 45.7 Å². The number of aromatic nitrogens is 2. The van der Waals surface area contributed by atoms with Crippen LogP contribution >= 0.6 is 22.9 Å². The van der Waals surface area contributed by atoms with Gasteiger partial charge >= 0.3 is 0 Å². The topological polar surface area (TPSA) is 103 Å². The number of anilines is 1. The summed E-state index contributed by atoms with van der Waals surface area (Å²) in [6.45, 7) is 4.35. The third-order valence-corrected chi connectivity index (χ3v) is 7.77. The summed E-state index contributed by atoms with van der Waals surface area (Å²) in [4.78, 5) is 46.2. The van der Waals surface area contributed by atoms with Crippen LogP contribution in [0.2, 0.25) is 5.02 Å². The average Bonchev–Trinajstić information content (AvgIpc) is 3.18. The number of likely N-dealkylation sites (tertiary alicyclic amines) is 1. The van der Waals surface area contributed by atoms with Crippen LogP contribution in [0.4, 0.5) is 5.69 Å². The Morgan fingerprint density at radius 2 is 1.97 bits per heavy atom. The molecule has 0 radical (unpaired) electrons. The van der Waals surface area contributed by atoms with Crippen molar-refractivity contribution in [3.8, 4) is 11.5 Å². The molecule has 4 rings (SSSR count). The molecule has 9 nitrogen and oxygen atoms in total. The van der Waals surface area contributed by atoms with E-state index >= 15 is 0 Å². The summed E-state index contributed by atoms with van der Waals surface area (Å²) in [6, 6.07) is 3.28. The fourth-order valence-electron chi connectivity index (χ4n) is 4.33. The second kappa shape index (κ2) is 10.2. The predicted molar refractivity (Wildman–Crippen MR) is 136 cm³/mol. The van der Waals surface area contributed by atoms with Crippen molar-refractivity contribution >= 4 is 50.7 Å². The molecule has 0 bridgehead atoms. The van der Waals surface area contributed by atoms with Crippen molar-refractivity contribution in [3.63, 3.8) is 0 Å². The van der Waals surface area contributed by atoms with Gasteiger partial charge in [-0.25, -0.2) is 4.98 Å². The number of aryl methyl sites for hydroxylation is 1. The predicted octanol–water partition coefficient (Wildman–Crippen LogP) is 4.09. The van der Waals surface area contributed by atoms with Crippen LogP contribution in [0.5, 0.6) is 11.5 Å². The number of halogens is 1. The standard InChI is InChI=1S/C24H27ClN4O5S/c1-13-7-5-6-8-29(13)19(30)11-28-12-26-23-20(24(28)32)14(2)21(35-23)22(31)27-16-9-15(25)17(33-3)10-18(16)34-4/h9-10,12-13H,5-8,11H2,1-4H3,(H,27,31). The van der Waals surface area contributed by atoms with Crippen LogP contribution in [0.25, 0.3) is 10.2 Å². The van der Waals surface area contributed by atoms with Gasteiger partial charge in [0.25, 0.3) is 11.5 Å². The lowest BCUT2D eigenvalue weighted by Gasteiger charge is -2.33. The Bertz CT molecular complexity index is 1350. The van der Waals surface area contributed by atoms with Crippen molar-refractivity contribution in [2.24, 2.45) is 0 Å². The van der Waals surface area contributed by atoms with E-state index < -0.39 is 5.91 Å². The van der Waals surface area contributed by atoms with E-state index in [1.807, 2.05) is 11.8 Å². The van der Waals surface area contributed by atoms with Gasteiger partial charge in [-0.1, -0.05) is 11.6 Å². The third-order valence-electron chi connectivity index (χ3n) is 6.27. The van der Waals surface area contributed by atoms with Crippen LogP contribution in [-0.2, 0) is 11.3 Å². The number of nitrogens with zero attached hydrogens (tertiary/aromatic N) is 3. The van der Waals surface area contributed by atoms with Crippen LogP contribution in [-0.4, -0.2) is 53.1 Å². The average molecular weight is 519 g/mol. The van der Waals surface area contributed by atoms with E-state index in [0.717, 1.165) is 30.6 Å². The number of carbonyl (C=O) groups excluding carboxylic acids is 2. The first-order chi connectivity index (χ1) is 16.7. The molecule has 1 aliphatic heterocycles. The van der Waals surface area contributed by atoms with Crippen LogP contribution in [0.1, 0.15) is 41.4 Å². The molecule has 1 aromatic carbocycles. The Morgan fingerprint density at radius 1 is 1.23 bits per heavy atom. The van der Waals surface area contributed by atoms with E-state index in [1.165, 1.54) is 31.2 Å². The molecule has 11 heteroatoms. The van der Waals surface area contributed by atoms with Gasteiger partial charge in [0.05, 0.1) is 41.5 Å². The zero-order valence-electron chi connectivity index (χ0n) is 20.0. The van der Waals surface area contributed by atoms with Gasteiger partial charge in [-0.3, -0.25) is 19.0 Å². The highest BCUT2D eigenvalue weighted by Crippen LogP contribution is 2.37. The molecule has 1 aliphatic rings. The number of amides is 2. The molecular weight excluding hydrogens is 492 g/mol. The summed E-state index contributed by atoms with van der Waals surface area (Å²) in [7, 11) is 2.96. The number of carbonyl (C=O) groups is 2. The number of fused-ring (bicyclic) bond motifs is 1. The third kappa shape index (κ3) is 4.85. The lowest BCUT2D eigenvalue weighted by molar-refractivity contribution is -0.135. The van der Waals surface area contributed by atoms with Gasteiger partial charge in [-0.05, 0) is 44.7 Å². The number of rotatable bonds is 6. The maximum Gasteiger partial charge on any atom is 0.266 e. The fraction of sp³-hybridized carbons (Fsp3) is 0.417. The van der Waals surface area contributed by atoms with Crippen molar-refractivity contribution in [1.29, 1.82) is 0 Å². The number of benzene rings is 1. The zero-order valence-corrected chi connectivity index (χ0v) is 21.6. The van der Waals surface area contributed by atoms with Crippen LogP contribution in [0, 0.1) is 6.92 Å². The molecule has 2 amide bonds. The highest BCUT2D eigenvalue weighted by Gasteiger charge is 2.25. The van der Waals surface area contributed by atoms with Gasteiger partial charge < -0.3 is 19.7 Å². The minimum atomic E-state index is -0.422. The smallest absolute Gasteiger partial charge is 0.266 e. The Morgan fingerprint density at radius 3 is 2.66 bits per heavy atom. The summed E-state index contributed by atoms with van der Waals surface area (Å²) in [5, 5.41) is 3.44. The maximum absolute atomic E-state index is 13.2. The van der Waals surface area contributed by atoms with Crippen molar-refractivity contribution in [1.82, 2.24) is 14.5 Å². The Balaban J connectivity index is 1.62. The van der Waals surface area contributed by atoms with Crippen molar-refractivity contribution in [3.05, 3.63) is 44.3 Å². The second-order valence-corrected chi connectivity index (χ2v) is 9.89. The fourth-order valence-corrected chi connectivity index (χ4v) is 5.61. The Kier molecular flexibility index (Phi) is 7.32. The molecule has 3 aromatic rings. The minimum Gasteiger partial charge on any atom is -0.495 e. The monoisotopic (exact) mass is 518 g/mol. The van der Waals surface area contributed by atoms with Gasteiger partial charge in [0, 0.05) is 18.7 Å². The van der Waals surface area contributed by atoms with E-state index in [9.17, 15) is 14.4 Å². The molecule has 2 aromatic heterocycles. The SMILES string of the molecule is COc1cc(OC)c(NC(=O)c2sc3ncn(CC(=O)N4CCCCC4C)c(=O)c3c2C)cc1Cl. The summed E-state index contributed by atoms with van der Waals surface area (Å²) >= 11 is 7.33. The number of methoxy groups -OCH3 is 2. The van der Waals surface area contributed by atoms with E-state index in [0.29, 0.717) is 49.4 Å². The first-order valence-electron chi connectivity index (χ1n) is 11.3. The lowest BCUT2D eigenvalue weighted by Crippen LogP contribution is -2.44. The van der Waals surface area contributed by atoms with Crippen molar-refractivity contribution < 1.29 is 19.1 Å². The van der Waals surface area contributed by atoms with E-state index in [2.05, 4.69) is 10.3 Å². The van der Waals surface area contributed by atoms with E-state index in [1.54, 1.807) is 13.0 Å². The summed E-state index contributed by atoms with van der Waals surface area (Å²) in [5.74, 6) is 0.270. The molecule has 1 N–H and O–H groups in total. The minimum absolute atomic E-state index is 0.0789. The number of nitrogens with one attached hydrogen (secondary N) is 1. The van der Waals surface area contributed by atoms with Crippen LogP contribution in [0.3, 0.4) is 0 Å². The van der Waals surface area contributed by atoms with Crippen LogP contribution in [0.15, 0.2) is 23.3 Å². The molecule has 0 aliphatic carbocycles. The second-order valence-electron chi connectivity index (χ2n) is 8.49. The molecule has 35 heavy (non-hydrogen) atoms. The largest absolute Gasteiger partial charge is 0.495 e. The molecule has 1 fully saturated rings. The van der Waals surface area contributed by atoms with E-state index in [-0.39, 0.29) is 24.1 Å². The van der Waals surface area contributed by atoms with Gasteiger partial charge in [0.1, 0.15) is 22.9 Å². The normalized spacial score (nSPS) is 15.8. The van der Waals surface area contributed by atoms with Gasteiger partial charge in [-0.15, -0.1) is 11.3 Å². The van der Waals surface area contributed by atoms with Gasteiger partial charge in [0.2, 0.25) is 5.91 Å². The quantitative estimate of drug-likeness (QED) is 0.527. The molecule has 1 atom stereocenters. The Labute approximate surface area is 211 Å². The highest BCUT2D eigenvalue weighted by molar-refractivity contribution is 7.20. The number of ether oxygens (including phenoxy) is 2. The molecule has 0 spiro atoms. The van der Waals surface area contributed by atoms with Crippen LogP contribution < -0.4 is 20.3 Å². The number of thiophene rings is 1. The number of hydrogen-bond donors (Lipinski definition) is 1. The Hall–Kier alpha value is -3.11. The molecular formula is C24H27ClN4O5S. The summed E-state index contributed by atoms with van der Waals surface area (Å²) in [5.41, 5.74) is 0.532. The first-order valence-corrected chi connectivity index (χ1v) is 12.5. The molecule has 186 valence electrons.